The number of likely N-dealkylation sites (tertiary alicyclic amines) is 2. The molecule has 0 N–H and O–H groups in total. The van der Waals surface area contributed by atoms with Crippen molar-refractivity contribution in [1.82, 2.24) is 19.7 Å². The number of aromatic nitrogens is 1. The number of sulfonamides is 1. The van der Waals surface area contributed by atoms with Gasteiger partial charge in [-0.2, -0.15) is 9.57 Å². The number of nitriles is 1. The lowest BCUT2D eigenvalue weighted by Crippen LogP contribution is -2.61. The Labute approximate surface area is 313 Å². The van der Waals surface area contributed by atoms with E-state index in [4.69, 9.17) is 9.47 Å². The van der Waals surface area contributed by atoms with Gasteiger partial charge >= 0.3 is 6.03 Å². The molecule has 0 aliphatic carbocycles. The maximum atomic E-state index is 15.6. The monoisotopic (exact) mass is 742 g/mol. The smallest absolute Gasteiger partial charge is 0.321 e. The molecule has 3 aliphatic heterocycles. The van der Waals surface area contributed by atoms with Crippen LogP contribution in [0, 0.1) is 23.2 Å². The average molecular weight is 743 g/mol. The van der Waals surface area contributed by atoms with Crippen LogP contribution in [0.1, 0.15) is 76.0 Å². The van der Waals surface area contributed by atoms with Gasteiger partial charge in [0.15, 0.2) is 5.54 Å². The first-order valence-electron chi connectivity index (χ1n) is 18.8. The summed E-state index contributed by atoms with van der Waals surface area (Å²) in [5, 5.41) is 10.1. The zero-order valence-corrected chi connectivity index (χ0v) is 32.0. The number of para-hydroxylation sites is 1. The van der Waals surface area contributed by atoms with Crippen LogP contribution in [-0.4, -0.2) is 93.0 Å². The van der Waals surface area contributed by atoms with Gasteiger partial charge in [-0.3, -0.25) is 4.79 Å². The number of carbonyl (C=O) groups excluding carboxylic acids is 2. The molecular formula is C40H50N6O6S. The summed E-state index contributed by atoms with van der Waals surface area (Å²) in [5.74, 6) is 0.384. The van der Waals surface area contributed by atoms with Crippen LogP contribution in [0.25, 0.3) is 0 Å². The first-order valence-corrected chi connectivity index (χ1v) is 20.3. The van der Waals surface area contributed by atoms with E-state index in [0.717, 1.165) is 56.0 Å². The van der Waals surface area contributed by atoms with E-state index in [0.29, 0.717) is 31.3 Å². The van der Waals surface area contributed by atoms with Crippen LogP contribution in [0.15, 0.2) is 65.7 Å². The molecular weight excluding hydrogens is 693 g/mol. The number of anilines is 1. The number of piperidine rings is 2. The van der Waals surface area contributed by atoms with Gasteiger partial charge in [0.25, 0.3) is 15.9 Å². The number of methoxy groups -OCH3 is 1. The third-order valence-corrected chi connectivity index (χ3v) is 12.7. The predicted molar refractivity (Wildman–Crippen MR) is 201 cm³/mol. The lowest BCUT2D eigenvalue weighted by Gasteiger charge is -2.45. The molecule has 3 aromatic rings. The zero-order chi connectivity index (χ0) is 37.8. The highest BCUT2D eigenvalue weighted by Crippen LogP contribution is 2.53. The maximum absolute atomic E-state index is 15.6. The van der Waals surface area contributed by atoms with E-state index in [1.54, 1.807) is 36.1 Å². The van der Waals surface area contributed by atoms with Crippen molar-refractivity contribution in [3.63, 3.8) is 0 Å². The number of ether oxygens (including phenoxy) is 2. The van der Waals surface area contributed by atoms with Crippen molar-refractivity contribution in [3.8, 4) is 17.7 Å². The van der Waals surface area contributed by atoms with Crippen molar-refractivity contribution in [3.05, 3.63) is 77.5 Å². The number of carbonyl (C=O) groups is 2. The summed E-state index contributed by atoms with van der Waals surface area (Å²) in [6.07, 6.45) is 7.17. The number of fused-ring (bicyclic) bond motifs is 1. The van der Waals surface area contributed by atoms with E-state index in [9.17, 15) is 13.7 Å². The van der Waals surface area contributed by atoms with Gasteiger partial charge in [-0.05, 0) is 119 Å². The molecule has 1 unspecified atom stereocenters. The molecule has 1 atom stereocenters. The molecule has 4 heterocycles. The highest BCUT2D eigenvalue weighted by molar-refractivity contribution is 7.93. The highest BCUT2D eigenvalue weighted by Gasteiger charge is 2.62. The number of rotatable bonds is 12. The molecule has 3 aliphatic rings. The summed E-state index contributed by atoms with van der Waals surface area (Å²) in [7, 11) is -3.27. The van der Waals surface area contributed by atoms with Crippen molar-refractivity contribution in [1.29, 1.82) is 5.26 Å². The second kappa shape index (κ2) is 16.1. The first kappa shape index (κ1) is 38.1. The Morgan fingerprint density at radius 2 is 1.66 bits per heavy atom. The largest absolute Gasteiger partial charge is 0.495 e. The average Bonchev–Trinajstić information content (AvgIpc) is 3.45. The van der Waals surface area contributed by atoms with E-state index >= 15 is 9.59 Å². The predicted octanol–water partition coefficient (Wildman–Crippen LogP) is 6.01. The molecule has 3 amide bonds. The molecule has 13 heteroatoms. The van der Waals surface area contributed by atoms with Gasteiger partial charge in [0.05, 0.1) is 36.6 Å². The van der Waals surface area contributed by atoms with Crippen molar-refractivity contribution in [2.75, 3.05) is 57.3 Å². The van der Waals surface area contributed by atoms with Crippen molar-refractivity contribution in [2.24, 2.45) is 11.8 Å². The Morgan fingerprint density at radius 1 is 0.962 bits per heavy atom. The fourth-order valence-electron chi connectivity index (χ4n) is 8.52. The van der Waals surface area contributed by atoms with Crippen LogP contribution >= 0.6 is 0 Å². The molecule has 0 spiro atoms. The second-order valence-electron chi connectivity index (χ2n) is 14.0. The summed E-state index contributed by atoms with van der Waals surface area (Å²) in [5.41, 5.74) is -1.41. The van der Waals surface area contributed by atoms with Crippen molar-refractivity contribution >= 4 is 27.6 Å². The number of benzene rings is 2. The van der Waals surface area contributed by atoms with Gasteiger partial charge in [0.2, 0.25) is 5.88 Å². The van der Waals surface area contributed by atoms with Crippen LogP contribution in [-0.2, 0) is 20.4 Å². The molecule has 2 saturated heterocycles. The number of nitrogens with zero attached hydrogens (tertiary/aromatic N) is 6. The van der Waals surface area contributed by atoms with Gasteiger partial charge in [-0.25, -0.2) is 18.2 Å². The van der Waals surface area contributed by atoms with Gasteiger partial charge in [-0.1, -0.05) is 26.0 Å². The van der Waals surface area contributed by atoms with E-state index in [1.165, 1.54) is 48.5 Å². The summed E-state index contributed by atoms with van der Waals surface area (Å²) in [6.45, 7) is 10.6. The zero-order valence-electron chi connectivity index (χ0n) is 31.2. The number of pyridine rings is 1. The highest BCUT2D eigenvalue weighted by atomic mass is 32.2. The van der Waals surface area contributed by atoms with Gasteiger partial charge in [0, 0.05) is 31.4 Å². The summed E-state index contributed by atoms with van der Waals surface area (Å²) in [4.78, 5) is 40.9. The van der Waals surface area contributed by atoms with Crippen LogP contribution in [0.2, 0.25) is 0 Å². The lowest BCUT2D eigenvalue weighted by molar-refractivity contribution is -0.125. The first-order chi connectivity index (χ1) is 25.7. The minimum Gasteiger partial charge on any atom is -0.495 e. The van der Waals surface area contributed by atoms with E-state index < -0.39 is 21.5 Å². The minimum atomic E-state index is -4.63. The molecule has 12 nitrogen and oxygen atoms in total. The third kappa shape index (κ3) is 6.83. The number of amides is 3. The van der Waals surface area contributed by atoms with Gasteiger partial charge < -0.3 is 24.2 Å². The van der Waals surface area contributed by atoms with Gasteiger partial charge in [-0.15, -0.1) is 0 Å². The van der Waals surface area contributed by atoms with E-state index in [-0.39, 0.29) is 58.1 Å². The molecule has 1 aromatic heterocycles. The molecule has 2 aromatic carbocycles. The molecule has 282 valence electrons. The van der Waals surface area contributed by atoms with E-state index in [2.05, 4.69) is 22.9 Å². The Hall–Kier alpha value is -4.67. The minimum absolute atomic E-state index is 0.0354. The fourth-order valence-corrected chi connectivity index (χ4v) is 10.1. The number of urea groups is 1. The normalized spacial score (nSPS) is 19.9. The SMILES string of the molecule is CCCN1CCC(C2CCN(C(=O)N(CCC)C3(c4cccnc4OCC)C(=O)N(S(=O)(=O)c4ccccc4OC)c4ccc(C#N)cc43)CC2)CC1. The number of hydrogen-bond acceptors (Lipinski definition) is 9. The summed E-state index contributed by atoms with van der Waals surface area (Å²) >= 11 is 0. The molecule has 6 rings (SSSR count). The fraction of sp³-hybridized carbons (Fsp3) is 0.500. The number of hydrogen-bond donors (Lipinski definition) is 0. The van der Waals surface area contributed by atoms with Crippen molar-refractivity contribution < 1.29 is 27.5 Å². The quantitative estimate of drug-likeness (QED) is 0.219. The standard InChI is InChI=1S/C40H50N6O6S/c1-5-21-43-23-16-30(17-24-43)31-18-25-44(26-19-31)39(48)45(22-6-2)40(32-11-10-20-42-37(32)52-7-3)33-27-29(28-41)14-15-34(33)46(38(40)47)53(49,50)36-13-9-8-12-35(36)51-4/h8-15,20,27,30-31H,5-7,16-19,21-26H2,1-4H3. The molecule has 0 saturated carbocycles. The topological polar surface area (TPSA) is 136 Å². The lowest BCUT2D eigenvalue weighted by atomic mass is 9.78. The van der Waals surface area contributed by atoms with Crippen molar-refractivity contribution in [2.45, 2.75) is 69.7 Å². The third-order valence-electron chi connectivity index (χ3n) is 11.0. The molecule has 2 fully saturated rings. The van der Waals surface area contributed by atoms with Gasteiger partial charge in [0.1, 0.15) is 10.6 Å². The van der Waals surface area contributed by atoms with Crippen LogP contribution in [0.5, 0.6) is 11.6 Å². The van der Waals surface area contributed by atoms with Crippen LogP contribution < -0.4 is 13.8 Å². The van der Waals surface area contributed by atoms with E-state index in [1.807, 2.05) is 6.92 Å². The Morgan fingerprint density at radius 3 is 2.30 bits per heavy atom. The second-order valence-corrected chi connectivity index (χ2v) is 15.8. The summed E-state index contributed by atoms with van der Waals surface area (Å²) < 4.78 is 41.8. The molecule has 0 radical (unpaired) electrons. The Kier molecular flexibility index (Phi) is 11.6. The van der Waals surface area contributed by atoms with Crippen LogP contribution in [0.4, 0.5) is 10.5 Å². The Bertz CT molecular complexity index is 1950. The summed E-state index contributed by atoms with van der Waals surface area (Å²) in [6, 6.07) is 15.6. The molecule has 53 heavy (non-hydrogen) atoms. The molecule has 0 bridgehead atoms. The van der Waals surface area contributed by atoms with Crippen LogP contribution in [0.3, 0.4) is 0 Å². The Balaban J connectivity index is 1.47. The maximum Gasteiger partial charge on any atom is 0.321 e.